The lowest BCUT2D eigenvalue weighted by atomic mass is 10.1. The second-order valence-corrected chi connectivity index (χ2v) is 5.98. The maximum Gasteiger partial charge on any atom is 0.219 e. The minimum Gasteiger partial charge on any atom is -0.446 e. The summed E-state index contributed by atoms with van der Waals surface area (Å²) in [4.78, 5) is 3.95. The number of aromatic nitrogens is 1. The summed E-state index contributed by atoms with van der Waals surface area (Å²) in [5, 5.41) is 8.23. The van der Waals surface area contributed by atoms with E-state index < -0.39 is 15.1 Å². The van der Waals surface area contributed by atoms with E-state index in [1.165, 1.54) is 6.26 Å². The molecule has 0 spiro atoms. The van der Waals surface area contributed by atoms with Gasteiger partial charge in [-0.05, 0) is 12.8 Å². The van der Waals surface area contributed by atoms with Crippen molar-refractivity contribution in [3.8, 4) is 0 Å². The van der Waals surface area contributed by atoms with Crippen LogP contribution < -0.4 is 0 Å². The summed E-state index contributed by atoms with van der Waals surface area (Å²) in [6.07, 6.45) is 3.55. The lowest BCUT2D eigenvalue weighted by molar-refractivity contribution is 0.240. The Morgan fingerprint density at radius 2 is 2.33 bits per heavy atom. The summed E-state index contributed by atoms with van der Waals surface area (Å²) in [5.74, 6) is 0.393. The molecule has 0 radical (unpaired) electrons. The molecular weight excluding hydrogens is 218 g/mol. The number of hydrogen-bond acceptors (Lipinski definition) is 5. The lowest BCUT2D eigenvalue weighted by Crippen LogP contribution is -2.21. The fourth-order valence-electron chi connectivity index (χ4n) is 1.83. The smallest absolute Gasteiger partial charge is 0.219 e. The molecule has 0 amide bonds. The van der Waals surface area contributed by atoms with Crippen molar-refractivity contribution in [2.45, 2.75) is 31.1 Å². The first kappa shape index (κ1) is 10.6. The molecule has 1 unspecified atom stereocenters. The summed E-state index contributed by atoms with van der Waals surface area (Å²) >= 11 is 0. The first-order valence-corrected chi connectivity index (χ1v) is 6.62. The van der Waals surface area contributed by atoms with Crippen molar-refractivity contribution in [3.05, 3.63) is 17.8 Å². The Hall–Kier alpha value is -0.880. The van der Waals surface area contributed by atoms with Gasteiger partial charge < -0.3 is 9.52 Å². The Morgan fingerprint density at radius 3 is 2.93 bits per heavy atom. The molecule has 1 fully saturated rings. The van der Waals surface area contributed by atoms with Crippen LogP contribution in [-0.2, 0) is 16.4 Å². The number of aliphatic hydroxyl groups is 1. The van der Waals surface area contributed by atoms with Gasteiger partial charge in [-0.1, -0.05) is 6.42 Å². The molecule has 2 rings (SSSR count). The molecule has 84 valence electrons. The first-order valence-electron chi connectivity index (χ1n) is 4.90. The van der Waals surface area contributed by atoms with E-state index in [2.05, 4.69) is 4.98 Å². The highest BCUT2D eigenvalue weighted by Crippen LogP contribution is 2.32. The number of hydrogen-bond donors (Lipinski definition) is 1. The van der Waals surface area contributed by atoms with E-state index in [0.717, 1.165) is 12.8 Å². The molecule has 1 N–H and O–H groups in total. The Labute approximate surface area is 88.0 Å². The van der Waals surface area contributed by atoms with Crippen LogP contribution in [0.5, 0.6) is 0 Å². The highest BCUT2D eigenvalue weighted by Gasteiger charge is 2.32. The molecule has 1 aromatic heterocycles. The molecule has 1 atom stereocenters. The number of sulfone groups is 1. The van der Waals surface area contributed by atoms with Gasteiger partial charge in [-0.2, -0.15) is 0 Å². The van der Waals surface area contributed by atoms with E-state index in [1.54, 1.807) is 0 Å². The van der Waals surface area contributed by atoms with Gasteiger partial charge in [0.1, 0.15) is 18.1 Å². The third-order valence-corrected chi connectivity index (χ3v) is 4.82. The lowest BCUT2D eigenvalue weighted by Gasteiger charge is -2.19. The summed E-state index contributed by atoms with van der Waals surface area (Å²) in [5.41, 5.74) is 0.429. The summed E-state index contributed by atoms with van der Waals surface area (Å²) < 4.78 is 28.4. The van der Waals surface area contributed by atoms with Gasteiger partial charge in [0, 0.05) is 0 Å². The zero-order valence-electron chi connectivity index (χ0n) is 8.22. The van der Waals surface area contributed by atoms with Gasteiger partial charge in [-0.3, -0.25) is 0 Å². The molecule has 5 nitrogen and oxygen atoms in total. The summed E-state index contributed by atoms with van der Waals surface area (Å²) in [6, 6.07) is 0. The zero-order chi connectivity index (χ0) is 10.9. The highest BCUT2D eigenvalue weighted by molar-refractivity contribution is 7.91. The largest absolute Gasteiger partial charge is 0.446 e. The zero-order valence-corrected chi connectivity index (χ0v) is 9.03. The van der Waals surface area contributed by atoms with Crippen LogP contribution in [0.25, 0.3) is 0 Å². The molecule has 0 aromatic carbocycles. The molecule has 1 saturated heterocycles. The van der Waals surface area contributed by atoms with E-state index >= 15 is 0 Å². The fraction of sp³-hybridized carbons (Fsp3) is 0.667. The number of aliphatic hydroxyl groups excluding tert-OH is 1. The molecule has 15 heavy (non-hydrogen) atoms. The predicted octanol–water partition coefficient (Wildman–Crippen LogP) is 0.807. The van der Waals surface area contributed by atoms with Gasteiger partial charge >= 0.3 is 0 Å². The van der Waals surface area contributed by atoms with Gasteiger partial charge in [0.15, 0.2) is 9.84 Å². The third kappa shape index (κ3) is 2.05. The van der Waals surface area contributed by atoms with E-state index in [-0.39, 0.29) is 18.3 Å². The van der Waals surface area contributed by atoms with Crippen LogP contribution in [0.15, 0.2) is 10.7 Å². The van der Waals surface area contributed by atoms with Crippen molar-refractivity contribution in [1.29, 1.82) is 0 Å². The molecule has 1 aromatic rings. The van der Waals surface area contributed by atoms with Crippen LogP contribution in [0.3, 0.4) is 0 Å². The monoisotopic (exact) mass is 231 g/mol. The first-order chi connectivity index (χ1) is 7.13. The van der Waals surface area contributed by atoms with Crippen molar-refractivity contribution in [2.75, 3.05) is 5.75 Å². The molecule has 0 aliphatic carbocycles. The van der Waals surface area contributed by atoms with Crippen LogP contribution in [0, 0.1) is 0 Å². The van der Waals surface area contributed by atoms with Gasteiger partial charge in [-0.25, -0.2) is 13.4 Å². The van der Waals surface area contributed by atoms with Gasteiger partial charge in [0.25, 0.3) is 0 Å². The third-order valence-electron chi connectivity index (χ3n) is 2.61. The van der Waals surface area contributed by atoms with Crippen molar-refractivity contribution in [1.82, 2.24) is 4.98 Å². The van der Waals surface area contributed by atoms with Crippen molar-refractivity contribution >= 4 is 9.84 Å². The molecule has 1 aliphatic rings. The van der Waals surface area contributed by atoms with Gasteiger partial charge in [0.05, 0.1) is 11.4 Å². The molecule has 2 heterocycles. The number of nitrogens with zero attached hydrogens (tertiary/aromatic N) is 1. The second kappa shape index (κ2) is 3.94. The molecule has 1 aliphatic heterocycles. The summed E-state index contributed by atoms with van der Waals surface area (Å²) in [6.45, 7) is -0.299. The Balaban J connectivity index is 2.29. The van der Waals surface area contributed by atoms with Crippen molar-refractivity contribution < 1.29 is 17.9 Å². The average molecular weight is 231 g/mol. The molecule has 0 saturated carbocycles. The van der Waals surface area contributed by atoms with Crippen molar-refractivity contribution in [2.24, 2.45) is 0 Å². The Bertz CT molecular complexity index is 437. The van der Waals surface area contributed by atoms with E-state index in [0.29, 0.717) is 12.1 Å². The quantitative estimate of drug-likeness (QED) is 0.814. The van der Waals surface area contributed by atoms with E-state index in [1.807, 2.05) is 0 Å². The van der Waals surface area contributed by atoms with Gasteiger partial charge in [0.2, 0.25) is 5.89 Å². The average Bonchev–Trinajstić information content (AvgIpc) is 2.65. The van der Waals surface area contributed by atoms with Crippen LogP contribution in [-0.4, -0.2) is 24.3 Å². The summed E-state index contributed by atoms with van der Waals surface area (Å²) in [7, 11) is -3.08. The van der Waals surface area contributed by atoms with E-state index in [4.69, 9.17) is 9.52 Å². The number of oxazole rings is 1. The van der Waals surface area contributed by atoms with E-state index in [9.17, 15) is 8.42 Å². The number of rotatable bonds is 2. The van der Waals surface area contributed by atoms with Crippen LogP contribution in [0.1, 0.15) is 36.1 Å². The highest BCUT2D eigenvalue weighted by atomic mass is 32.2. The fourth-order valence-corrected chi connectivity index (χ4v) is 3.73. The second-order valence-electron chi connectivity index (χ2n) is 3.68. The maximum atomic E-state index is 11.7. The topological polar surface area (TPSA) is 80.4 Å². The maximum absolute atomic E-state index is 11.7. The van der Waals surface area contributed by atoms with Gasteiger partial charge in [-0.15, -0.1) is 0 Å². The van der Waals surface area contributed by atoms with Crippen molar-refractivity contribution in [3.63, 3.8) is 0 Å². The SMILES string of the molecule is O=S1(=O)CCCCC1c1coc(CO)n1. The Kier molecular flexibility index (Phi) is 2.79. The van der Waals surface area contributed by atoms with Crippen LogP contribution >= 0.6 is 0 Å². The standard InChI is InChI=1S/C9H13NO4S/c11-5-9-10-7(6-14-9)8-3-1-2-4-15(8,12)13/h6,8,11H,1-5H2. The molecular formula is C9H13NO4S. The minimum absolute atomic E-state index is 0.172. The Morgan fingerprint density at radius 1 is 1.53 bits per heavy atom. The normalized spacial score (nSPS) is 25.3. The molecule has 6 heteroatoms. The minimum atomic E-state index is -3.08. The predicted molar refractivity (Wildman–Crippen MR) is 52.8 cm³/mol. The van der Waals surface area contributed by atoms with Crippen LogP contribution in [0.4, 0.5) is 0 Å². The molecule has 0 bridgehead atoms. The van der Waals surface area contributed by atoms with Crippen LogP contribution in [0.2, 0.25) is 0 Å².